The van der Waals surface area contributed by atoms with Gasteiger partial charge in [-0.25, -0.2) is 4.79 Å². The zero-order valence-corrected chi connectivity index (χ0v) is 25.0. The first-order valence-electron chi connectivity index (χ1n) is 14.1. The molecule has 0 radical (unpaired) electrons. The van der Waals surface area contributed by atoms with Gasteiger partial charge in [-0.15, -0.1) is 11.6 Å². The molecule has 2 heterocycles. The van der Waals surface area contributed by atoms with Gasteiger partial charge in [0, 0.05) is 24.4 Å². The summed E-state index contributed by atoms with van der Waals surface area (Å²) in [5.41, 5.74) is 2.77. The van der Waals surface area contributed by atoms with E-state index in [1.54, 1.807) is 6.08 Å². The molecule has 1 aromatic heterocycles. The standard InChI is InChI=1S/C32H38N4O3.CH3Cl/c1-4-7-14-24(5-2)21-30-34-29(35-39-30)23-36-20-19-25(6-3)28(22-36)38-32(37)31(26-15-10-8-11-16-26)33-27-17-12-9-13-18-27;1-2/h4-5,7-18,25,28,31,33H,2,6,19-23H2,1,3H3;1H3/p+1/b7-4-,24-14+;/t25?,28-,31+;/m0./s1. The van der Waals surface area contributed by atoms with Gasteiger partial charge in [0.1, 0.15) is 13.1 Å². The van der Waals surface area contributed by atoms with Crippen LogP contribution in [0, 0.1) is 5.92 Å². The number of halogens is 1. The molecule has 3 aromatic rings. The molecule has 0 aliphatic carbocycles. The highest BCUT2D eigenvalue weighted by Gasteiger charge is 2.36. The number of para-hydroxylation sites is 1. The summed E-state index contributed by atoms with van der Waals surface area (Å²) >= 11 is 4.64. The Balaban J connectivity index is 0.00000226. The van der Waals surface area contributed by atoms with Gasteiger partial charge in [-0.1, -0.05) is 91.5 Å². The predicted molar refractivity (Wildman–Crippen MR) is 165 cm³/mol. The Bertz CT molecular complexity index is 1260. The molecular formula is C33H42ClN4O3+. The van der Waals surface area contributed by atoms with E-state index in [4.69, 9.17) is 9.26 Å². The number of alkyl halides is 1. The number of hydrogen-bond acceptors (Lipinski definition) is 6. The molecule has 1 fully saturated rings. The molecule has 0 spiro atoms. The van der Waals surface area contributed by atoms with Crippen LogP contribution in [0.3, 0.4) is 0 Å². The second-order valence-electron chi connectivity index (χ2n) is 9.92. The lowest BCUT2D eigenvalue weighted by Gasteiger charge is -2.35. The second kappa shape index (κ2) is 17.2. The summed E-state index contributed by atoms with van der Waals surface area (Å²) in [6.07, 6.45) is 11.5. The maximum Gasteiger partial charge on any atom is 0.333 e. The summed E-state index contributed by atoms with van der Waals surface area (Å²) in [5, 5.41) is 7.59. The van der Waals surface area contributed by atoms with Gasteiger partial charge < -0.3 is 19.5 Å². The average molecular weight is 578 g/mol. The number of nitrogens with one attached hydrogen (secondary N) is 2. The third kappa shape index (κ3) is 9.73. The number of esters is 1. The molecule has 4 rings (SSSR count). The fourth-order valence-electron chi connectivity index (χ4n) is 4.99. The summed E-state index contributed by atoms with van der Waals surface area (Å²) in [6, 6.07) is 18.9. The Morgan fingerprint density at radius 1 is 1.20 bits per heavy atom. The summed E-state index contributed by atoms with van der Waals surface area (Å²) < 4.78 is 11.8. The van der Waals surface area contributed by atoms with Crippen LogP contribution in [0.1, 0.15) is 50.0 Å². The molecule has 0 bridgehead atoms. The largest absolute Gasteiger partial charge is 0.454 e. The lowest BCUT2D eigenvalue weighted by atomic mass is 9.91. The molecule has 1 saturated heterocycles. The average Bonchev–Trinajstić information content (AvgIpc) is 3.46. The van der Waals surface area contributed by atoms with Gasteiger partial charge in [0.2, 0.25) is 11.7 Å². The van der Waals surface area contributed by atoms with E-state index >= 15 is 0 Å². The molecule has 218 valence electrons. The molecule has 0 saturated carbocycles. The number of benzene rings is 2. The van der Waals surface area contributed by atoms with Crippen LogP contribution < -0.4 is 10.2 Å². The minimum Gasteiger partial charge on any atom is -0.454 e. The fourth-order valence-corrected chi connectivity index (χ4v) is 4.99. The fraction of sp³-hybridized carbons (Fsp3) is 0.364. The number of ether oxygens (including phenoxy) is 1. The van der Waals surface area contributed by atoms with E-state index in [9.17, 15) is 4.79 Å². The van der Waals surface area contributed by atoms with E-state index in [-0.39, 0.29) is 12.1 Å². The van der Waals surface area contributed by atoms with Crippen molar-refractivity contribution in [2.75, 3.05) is 24.8 Å². The Kier molecular flexibility index (Phi) is 13.4. The molecule has 8 heteroatoms. The molecule has 2 aromatic carbocycles. The zero-order chi connectivity index (χ0) is 29.5. The van der Waals surface area contributed by atoms with Crippen molar-refractivity contribution in [1.82, 2.24) is 10.1 Å². The highest BCUT2D eigenvalue weighted by molar-refractivity contribution is 6.15. The van der Waals surface area contributed by atoms with E-state index < -0.39 is 6.04 Å². The SMILES string of the molecule is C=C/C(=C\C=C/C)Cc1nc(C[NH+]2CCC(CC)[C@@H](OC(=O)[C@H](Nc3ccccc3)c3ccccc3)C2)no1.CCl. The van der Waals surface area contributed by atoms with Gasteiger partial charge >= 0.3 is 5.97 Å². The van der Waals surface area contributed by atoms with Gasteiger partial charge in [0.25, 0.3) is 0 Å². The molecule has 0 amide bonds. The van der Waals surface area contributed by atoms with Crippen molar-refractivity contribution in [3.05, 3.63) is 114 Å². The molecule has 1 aliphatic heterocycles. The number of nitrogens with zero attached hydrogens (tertiary/aromatic N) is 2. The van der Waals surface area contributed by atoms with Gasteiger partial charge in [0.05, 0.1) is 13.0 Å². The number of rotatable bonds is 12. The molecule has 2 unspecified atom stereocenters. The highest BCUT2D eigenvalue weighted by Crippen LogP contribution is 2.25. The normalized spacial score (nSPS) is 19.6. The Hall–Kier alpha value is -3.68. The van der Waals surface area contributed by atoms with Crippen molar-refractivity contribution in [2.45, 2.75) is 51.8 Å². The third-order valence-corrected chi connectivity index (χ3v) is 7.17. The van der Waals surface area contributed by atoms with Gasteiger partial charge in [-0.2, -0.15) is 4.98 Å². The van der Waals surface area contributed by atoms with Crippen LogP contribution in [0.25, 0.3) is 0 Å². The monoisotopic (exact) mass is 577 g/mol. The van der Waals surface area contributed by atoms with Crippen molar-refractivity contribution in [2.24, 2.45) is 5.92 Å². The van der Waals surface area contributed by atoms with Crippen LogP contribution in [0.4, 0.5) is 5.69 Å². The highest BCUT2D eigenvalue weighted by atomic mass is 35.5. The number of piperidine rings is 1. The van der Waals surface area contributed by atoms with Crippen LogP contribution in [0.5, 0.6) is 0 Å². The van der Waals surface area contributed by atoms with Crippen molar-refractivity contribution in [3.63, 3.8) is 0 Å². The number of carbonyl (C=O) groups is 1. The number of allylic oxidation sites excluding steroid dienone is 5. The molecule has 4 atom stereocenters. The summed E-state index contributed by atoms with van der Waals surface area (Å²) in [5.74, 6) is 1.30. The number of hydrogen-bond donors (Lipinski definition) is 2. The number of carbonyl (C=O) groups excluding carboxylic acids is 1. The number of quaternary nitrogens is 1. The molecule has 2 N–H and O–H groups in total. The second-order valence-corrected chi connectivity index (χ2v) is 9.92. The van der Waals surface area contributed by atoms with E-state index in [0.29, 0.717) is 37.1 Å². The molecule has 7 nitrogen and oxygen atoms in total. The van der Waals surface area contributed by atoms with Crippen molar-refractivity contribution in [3.8, 4) is 0 Å². The van der Waals surface area contributed by atoms with E-state index in [0.717, 1.165) is 36.2 Å². The van der Waals surface area contributed by atoms with E-state index in [2.05, 4.69) is 40.6 Å². The first kappa shape index (κ1) is 31.8. The van der Waals surface area contributed by atoms with Crippen LogP contribution in [0.15, 0.2) is 102 Å². The lowest BCUT2D eigenvalue weighted by Crippen LogP contribution is -3.13. The molecule has 1 aliphatic rings. The third-order valence-electron chi connectivity index (χ3n) is 7.17. The van der Waals surface area contributed by atoms with Gasteiger partial charge in [-0.3, -0.25) is 0 Å². The topological polar surface area (TPSA) is 81.7 Å². The van der Waals surface area contributed by atoms with Crippen molar-refractivity contribution < 1.29 is 19.0 Å². The van der Waals surface area contributed by atoms with Crippen LogP contribution in [-0.2, 0) is 22.5 Å². The van der Waals surface area contributed by atoms with Crippen molar-refractivity contribution in [1.29, 1.82) is 0 Å². The summed E-state index contributed by atoms with van der Waals surface area (Å²) in [7, 11) is 0. The van der Waals surface area contributed by atoms with E-state index in [1.165, 1.54) is 11.3 Å². The number of aromatic nitrogens is 2. The summed E-state index contributed by atoms with van der Waals surface area (Å²) in [4.78, 5) is 19.5. The maximum absolute atomic E-state index is 13.6. The summed E-state index contributed by atoms with van der Waals surface area (Å²) in [6.45, 7) is 10.3. The van der Waals surface area contributed by atoms with Crippen molar-refractivity contribution >= 4 is 23.3 Å². The van der Waals surface area contributed by atoms with Crippen LogP contribution >= 0.6 is 11.6 Å². The minimum absolute atomic E-state index is 0.183. The molecule has 41 heavy (non-hydrogen) atoms. The Labute approximate surface area is 248 Å². The lowest BCUT2D eigenvalue weighted by molar-refractivity contribution is -0.923. The maximum atomic E-state index is 13.6. The number of anilines is 1. The van der Waals surface area contributed by atoms with Crippen LogP contribution in [0.2, 0.25) is 0 Å². The zero-order valence-electron chi connectivity index (χ0n) is 24.3. The van der Waals surface area contributed by atoms with Crippen LogP contribution in [-0.4, -0.2) is 41.7 Å². The quantitative estimate of drug-likeness (QED) is 0.162. The Morgan fingerprint density at radius 2 is 1.90 bits per heavy atom. The first-order chi connectivity index (χ1) is 20.1. The smallest absolute Gasteiger partial charge is 0.333 e. The first-order valence-corrected chi connectivity index (χ1v) is 14.9. The minimum atomic E-state index is -0.592. The Morgan fingerprint density at radius 3 is 2.56 bits per heavy atom. The predicted octanol–water partition coefficient (Wildman–Crippen LogP) is 5.74. The number of likely N-dealkylation sites (tertiary alicyclic amines) is 1. The van der Waals surface area contributed by atoms with E-state index in [1.807, 2.05) is 85.8 Å². The molecular weight excluding hydrogens is 536 g/mol. The van der Waals surface area contributed by atoms with Gasteiger partial charge in [-0.05, 0) is 36.6 Å². The van der Waals surface area contributed by atoms with Gasteiger partial charge in [0.15, 0.2) is 12.1 Å².